The molecule has 0 saturated heterocycles. The van der Waals surface area contributed by atoms with Gasteiger partial charge in [-0.25, -0.2) is 0 Å². The molecule has 0 spiro atoms. The van der Waals surface area contributed by atoms with Crippen molar-refractivity contribution in [1.29, 1.82) is 0 Å². The molecule has 1 N–H and O–H groups in total. The summed E-state index contributed by atoms with van der Waals surface area (Å²) in [5.41, 5.74) is 4.39. The molecule has 0 radical (unpaired) electrons. The number of aryl methyl sites for hydroxylation is 3. The van der Waals surface area contributed by atoms with Crippen molar-refractivity contribution >= 4 is 34.7 Å². The highest BCUT2D eigenvalue weighted by Gasteiger charge is 2.15. The van der Waals surface area contributed by atoms with Crippen LogP contribution in [0.25, 0.3) is 11.4 Å². The van der Waals surface area contributed by atoms with Gasteiger partial charge in [-0.05, 0) is 36.5 Å². The molecule has 154 valence electrons. The lowest BCUT2D eigenvalue weighted by Gasteiger charge is -2.14. The van der Waals surface area contributed by atoms with Crippen LogP contribution >= 0.6 is 23.1 Å². The van der Waals surface area contributed by atoms with Gasteiger partial charge in [0.25, 0.3) is 0 Å². The number of benzene rings is 1. The molecule has 3 rings (SSSR count). The summed E-state index contributed by atoms with van der Waals surface area (Å²) in [5, 5.41) is 14.6. The molecular formula is C22H28N4OS2. The highest BCUT2D eigenvalue weighted by molar-refractivity contribution is 7.99. The van der Waals surface area contributed by atoms with E-state index in [1.54, 1.807) is 11.3 Å². The molecule has 5 nitrogen and oxygen atoms in total. The van der Waals surface area contributed by atoms with Gasteiger partial charge in [0, 0.05) is 28.6 Å². The zero-order valence-corrected chi connectivity index (χ0v) is 19.1. The average Bonchev–Trinajstić information content (AvgIpc) is 3.33. The summed E-state index contributed by atoms with van der Waals surface area (Å²) < 4.78 is 1.97. The van der Waals surface area contributed by atoms with Crippen LogP contribution in [0.2, 0.25) is 0 Å². The van der Waals surface area contributed by atoms with Gasteiger partial charge in [-0.15, -0.1) is 21.5 Å². The fourth-order valence-electron chi connectivity index (χ4n) is 3.28. The van der Waals surface area contributed by atoms with E-state index in [0.29, 0.717) is 5.75 Å². The standard InChI is InChI=1S/C22H28N4OS2/c1-5-9-18-12-17(13-28-18)21-24-25-22(26(21)4)29-14-19(27)23-20-15(6-2)10-8-11-16(20)7-3/h8,10-13H,5-7,9,14H2,1-4H3,(H,23,27). The molecule has 0 unspecified atom stereocenters. The molecule has 0 saturated carbocycles. The number of rotatable bonds is 9. The van der Waals surface area contributed by atoms with Crippen LogP contribution in [0.1, 0.15) is 43.2 Å². The van der Waals surface area contributed by atoms with Crippen molar-refractivity contribution in [2.75, 3.05) is 11.1 Å². The maximum atomic E-state index is 12.6. The van der Waals surface area contributed by atoms with Gasteiger partial charge in [0.2, 0.25) is 5.91 Å². The molecule has 29 heavy (non-hydrogen) atoms. The lowest BCUT2D eigenvalue weighted by atomic mass is 10.0. The summed E-state index contributed by atoms with van der Waals surface area (Å²) >= 11 is 3.18. The Balaban J connectivity index is 1.66. The van der Waals surface area contributed by atoms with E-state index in [2.05, 4.69) is 65.9 Å². The summed E-state index contributed by atoms with van der Waals surface area (Å²) in [6.45, 7) is 6.40. The number of nitrogens with one attached hydrogen (secondary N) is 1. The van der Waals surface area contributed by atoms with Gasteiger partial charge in [-0.1, -0.05) is 57.2 Å². The molecule has 0 aliphatic rings. The highest BCUT2D eigenvalue weighted by Crippen LogP contribution is 2.28. The fourth-order valence-corrected chi connectivity index (χ4v) is 4.96. The molecule has 0 aliphatic heterocycles. The number of amides is 1. The first-order chi connectivity index (χ1) is 14.1. The van der Waals surface area contributed by atoms with Crippen molar-refractivity contribution in [2.45, 2.75) is 51.6 Å². The van der Waals surface area contributed by atoms with Gasteiger partial charge < -0.3 is 9.88 Å². The molecule has 0 atom stereocenters. The zero-order chi connectivity index (χ0) is 20.8. The minimum Gasteiger partial charge on any atom is -0.325 e. The largest absolute Gasteiger partial charge is 0.325 e. The minimum absolute atomic E-state index is 0.0177. The fraction of sp³-hybridized carbons (Fsp3) is 0.409. The molecule has 1 aromatic carbocycles. The van der Waals surface area contributed by atoms with Crippen LogP contribution in [-0.2, 0) is 31.1 Å². The average molecular weight is 429 g/mol. The maximum absolute atomic E-state index is 12.6. The number of hydrogen-bond acceptors (Lipinski definition) is 5. The van der Waals surface area contributed by atoms with Gasteiger partial charge in [-0.2, -0.15) is 0 Å². The Morgan fingerprint density at radius 1 is 1.17 bits per heavy atom. The summed E-state index contributed by atoms with van der Waals surface area (Å²) in [7, 11) is 1.95. The number of para-hydroxylation sites is 1. The summed E-state index contributed by atoms with van der Waals surface area (Å²) in [6, 6.07) is 8.39. The molecule has 7 heteroatoms. The molecule has 2 heterocycles. The van der Waals surface area contributed by atoms with Gasteiger partial charge >= 0.3 is 0 Å². The monoisotopic (exact) mass is 428 g/mol. The second-order valence-corrected chi connectivity index (χ2v) is 8.85. The second-order valence-electron chi connectivity index (χ2n) is 6.91. The van der Waals surface area contributed by atoms with Crippen LogP contribution in [-0.4, -0.2) is 26.4 Å². The lowest BCUT2D eigenvalue weighted by Crippen LogP contribution is -2.17. The van der Waals surface area contributed by atoms with E-state index in [0.717, 1.165) is 47.9 Å². The lowest BCUT2D eigenvalue weighted by molar-refractivity contribution is -0.113. The second kappa shape index (κ2) is 10.1. The van der Waals surface area contributed by atoms with Gasteiger partial charge in [-0.3, -0.25) is 4.79 Å². The van der Waals surface area contributed by atoms with E-state index in [9.17, 15) is 4.79 Å². The first kappa shape index (κ1) is 21.6. The molecule has 0 fully saturated rings. The number of carbonyl (C=O) groups excluding carboxylic acids is 1. The SMILES string of the molecule is CCCc1cc(-c2nnc(SCC(=O)Nc3c(CC)cccc3CC)n2C)cs1. The van der Waals surface area contributed by atoms with E-state index in [-0.39, 0.29) is 5.91 Å². The number of thiophene rings is 1. The first-order valence-corrected chi connectivity index (χ1v) is 11.9. The number of carbonyl (C=O) groups is 1. The van der Waals surface area contributed by atoms with Crippen molar-refractivity contribution in [3.63, 3.8) is 0 Å². The zero-order valence-electron chi connectivity index (χ0n) is 17.5. The molecule has 0 aliphatic carbocycles. The van der Waals surface area contributed by atoms with Crippen molar-refractivity contribution in [3.05, 3.63) is 45.6 Å². The van der Waals surface area contributed by atoms with Crippen LogP contribution in [0.4, 0.5) is 5.69 Å². The molecule has 1 amide bonds. The Hall–Kier alpha value is -2.12. The van der Waals surface area contributed by atoms with Crippen LogP contribution in [0.5, 0.6) is 0 Å². The number of thioether (sulfide) groups is 1. The van der Waals surface area contributed by atoms with Gasteiger partial charge in [0.15, 0.2) is 11.0 Å². The van der Waals surface area contributed by atoms with E-state index >= 15 is 0 Å². The first-order valence-electron chi connectivity index (χ1n) is 10.1. The highest BCUT2D eigenvalue weighted by atomic mass is 32.2. The van der Waals surface area contributed by atoms with E-state index in [4.69, 9.17) is 0 Å². The van der Waals surface area contributed by atoms with E-state index < -0.39 is 0 Å². The van der Waals surface area contributed by atoms with Crippen LogP contribution in [0.15, 0.2) is 34.8 Å². The third-order valence-corrected chi connectivity index (χ3v) is 6.86. The Morgan fingerprint density at radius 2 is 1.90 bits per heavy atom. The third-order valence-electron chi connectivity index (χ3n) is 4.84. The van der Waals surface area contributed by atoms with Crippen molar-refractivity contribution < 1.29 is 4.79 Å². The van der Waals surface area contributed by atoms with Gasteiger partial charge in [0.1, 0.15) is 0 Å². The van der Waals surface area contributed by atoms with E-state index in [1.807, 2.05) is 11.6 Å². The Labute approximate surface area is 180 Å². The smallest absolute Gasteiger partial charge is 0.234 e. The van der Waals surface area contributed by atoms with Crippen molar-refractivity contribution in [1.82, 2.24) is 14.8 Å². The third kappa shape index (κ3) is 5.08. The maximum Gasteiger partial charge on any atom is 0.234 e. The Kier molecular flexibility index (Phi) is 7.50. The topological polar surface area (TPSA) is 59.8 Å². The molecule has 2 aromatic heterocycles. The quantitative estimate of drug-likeness (QED) is 0.467. The van der Waals surface area contributed by atoms with E-state index in [1.165, 1.54) is 27.8 Å². The summed E-state index contributed by atoms with van der Waals surface area (Å²) in [5.74, 6) is 1.13. The number of hydrogen-bond donors (Lipinski definition) is 1. The van der Waals surface area contributed by atoms with Gasteiger partial charge in [0.05, 0.1) is 5.75 Å². The minimum atomic E-state index is -0.0177. The molecule has 0 bridgehead atoms. The summed E-state index contributed by atoms with van der Waals surface area (Å²) in [6.07, 6.45) is 4.01. The number of nitrogens with zero attached hydrogens (tertiary/aromatic N) is 3. The predicted octanol–water partition coefficient (Wildman–Crippen LogP) is 5.35. The van der Waals surface area contributed by atoms with Crippen LogP contribution < -0.4 is 5.32 Å². The molecular weight excluding hydrogens is 400 g/mol. The number of aromatic nitrogens is 3. The molecule has 3 aromatic rings. The number of anilines is 1. The van der Waals surface area contributed by atoms with Crippen molar-refractivity contribution in [2.24, 2.45) is 7.05 Å². The normalized spacial score (nSPS) is 11.0. The Bertz CT molecular complexity index is 955. The van der Waals surface area contributed by atoms with Crippen LogP contribution in [0, 0.1) is 0 Å². The van der Waals surface area contributed by atoms with Crippen LogP contribution in [0.3, 0.4) is 0 Å². The van der Waals surface area contributed by atoms with Crippen molar-refractivity contribution in [3.8, 4) is 11.4 Å². The predicted molar refractivity (Wildman–Crippen MR) is 123 cm³/mol. The summed E-state index contributed by atoms with van der Waals surface area (Å²) in [4.78, 5) is 14.0. The Morgan fingerprint density at radius 3 is 2.55 bits per heavy atom.